The number of anilines is 2. The molecule has 0 aliphatic rings. The SMILES string of the molecule is Cc1cc(Nc2cc3ccccc3c(-c3cccnc3)n2)n[nH]1. The van der Waals surface area contributed by atoms with Gasteiger partial charge in [-0.25, -0.2) is 4.98 Å². The van der Waals surface area contributed by atoms with E-state index in [0.29, 0.717) is 0 Å². The summed E-state index contributed by atoms with van der Waals surface area (Å²) in [6.45, 7) is 1.97. The maximum Gasteiger partial charge on any atom is 0.153 e. The predicted octanol–water partition coefficient (Wildman–Crippen LogP) is 4.07. The fourth-order valence-corrected chi connectivity index (χ4v) is 2.60. The van der Waals surface area contributed by atoms with Crippen LogP contribution in [-0.4, -0.2) is 20.2 Å². The summed E-state index contributed by atoms with van der Waals surface area (Å²) in [6.07, 6.45) is 3.59. The number of aryl methyl sites for hydroxylation is 1. The molecule has 23 heavy (non-hydrogen) atoms. The molecule has 112 valence electrons. The summed E-state index contributed by atoms with van der Waals surface area (Å²) in [5.74, 6) is 1.51. The number of rotatable bonds is 3. The lowest BCUT2D eigenvalue weighted by atomic mass is 10.1. The van der Waals surface area contributed by atoms with Gasteiger partial charge in [0.2, 0.25) is 0 Å². The summed E-state index contributed by atoms with van der Waals surface area (Å²) in [6, 6.07) is 16.1. The van der Waals surface area contributed by atoms with E-state index in [-0.39, 0.29) is 0 Å². The molecule has 0 saturated carbocycles. The molecular formula is C18H15N5. The maximum atomic E-state index is 4.77. The average molecular weight is 301 g/mol. The van der Waals surface area contributed by atoms with Crippen LogP contribution in [0.3, 0.4) is 0 Å². The third kappa shape index (κ3) is 2.64. The minimum Gasteiger partial charge on any atom is -0.323 e. The minimum absolute atomic E-state index is 0.752. The van der Waals surface area contributed by atoms with Gasteiger partial charge in [-0.3, -0.25) is 10.1 Å². The van der Waals surface area contributed by atoms with E-state index in [2.05, 4.69) is 32.6 Å². The van der Waals surface area contributed by atoms with Crippen molar-refractivity contribution in [3.63, 3.8) is 0 Å². The molecule has 0 aliphatic carbocycles. The van der Waals surface area contributed by atoms with Crippen molar-refractivity contribution in [2.24, 2.45) is 0 Å². The van der Waals surface area contributed by atoms with Gasteiger partial charge in [0, 0.05) is 35.1 Å². The molecule has 5 heteroatoms. The van der Waals surface area contributed by atoms with Crippen LogP contribution in [0.2, 0.25) is 0 Å². The van der Waals surface area contributed by atoms with Crippen molar-refractivity contribution in [1.29, 1.82) is 0 Å². The number of fused-ring (bicyclic) bond motifs is 1. The molecule has 4 aromatic rings. The highest BCUT2D eigenvalue weighted by Crippen LogP contribution is 2.29. The van der Waals surface area contributed by atoms with Crippen molar-refractivity contribution in [3.8, 4) is 11.3 Å². The summed E-state index contributed by atoms with van der Waals surface area (Å²) in [5.41, 5.74) is 2.90. The largest absolute Gasteiger partial charge is 0.323 e. The summed E-state index contributed by atoms with van der Waals surface area (Å²) in [5, 5.41) is 12.6. The van der Waals surface area contributed by atoms with Gasteiger partial charge in [-0.1, -0.05) is 24.3 Å². The van der Waals surface area contributed by atoms with Gasteiger partial charge in [0.1, 0.15) is 5.82 Å². The van der Waals surface area contributed by atoms with E-state index >= 15 is 0 Å². The Hall–Kier alpha value is -3.21. The molecule has 4 rings (SSSR count). The number of aromatic nitrogens is 4. The topological polar surface area (TPSA) is 66.5 Å². The number of nitrogens with one attached hydrogen (secondary N) is 2. The van der Waals surface area contributed by atoms with Crippen LogP contribution >= 0.6 is 0 Å². The number of H-pyrrole nitrogens is 1. The summed E-state index contributed by atoms with van der Waals surface area (Å²) >= 11 is 0. The first kappa shape index (κ1) is 13.5. The zero-order chi connectivity index (χ0) is 15.6. The zero-order valence-electron chi connectivity index (χ0n) is 12.6. The molecule has 3 aromatic heterocycles. The Morgan fingerprint density at radius 3 is 2.70 bits per heavy atom. The van der Waals surface area contributed by atoms with Gasteiger partial charge in [-0.15, -0.1) is 0 Å². The van der Waals surface area contributed by atoms with E-state index in [4.69, 9.17) is 4.98 Å². The normalized spacial score (nSPS) is 10.8. The molecule has 0 saturated heterocycles. The van der Waals surface area contributed by atoms with Crippen LogP contribution in [0.1, 0.15) is 5.69 Å². The lowest BCUT2D eigenvalue weighted by Crippen LogP contribution is -1.96. The maximum absolute atomic E-state index is 4.77. The second-order valence-electron chi connectivity index (χ2n) is 5.38. The average Bonchev–Trinajstić information content (AvgIpc) is 3.00. The van der Waals surface area contributed by atoms with Crippen LogP contribution in [0.25, 0.3) is 22.0 Å². The second kappa shape index (κ2) is 5.53. The molecule has 0 unspecified atom stereocenters. The summed E-state index contributed by atoms with van der Waals surface area (Å²) in [7, 11) is 0. The van der Waals surface area contributed by atoms with E-state index in [1.54, 1.807) is 6.20 Å². The Kier molecular flexibility index (Phi) is 3.24. The van der Waals surface area contributed by atoms with Crippen molar-refractivity contribution < 1.29 is 0 Å². The van der Waals surface area contributed by atoms with Gasteiger partial charge in [0.15, 0.2) is 5.82 Å². The van der Waals surface area contributed by atoms with Gasteiger partial charge in [0.25, 0.3) is 0 Å². The van der Waals surface area contributed by atoms with Crippen molar-refractivity contribution in [3.05, 3.63) is 66.6 Å². The molecular weight excluding hydrogens is 286 g/mol. The van der Waals surface area contributed by atoms with Crippen molar-refractivity contribution in [2.45, 2.75) is 6.92 Å². The Morgan fingerprint density at radius 1 is 1.00 bits per heavy atom. The number of benzene rings is 1. The fourth-order valence-electron chi connectivity index (χ4n) is 2.60. The smallest absolute Gasteiger partial charge is 0.153 e. The van der Waals surface area contributed by atoms with Gasteiger partial charge >= 0.3 is 0 Å². The standard InChI is InChI=1S/C18H15N5/c1-12-9-17(23-22-12)20-16-10-13-5-2-3-7-15(13)18(21-16)14-6-4-8-19-11-14/h2-11H,1H3,(H2,20,21,22,23). The molecule has 0 radical (unpaired) electrons. The van der Waals surface area contributed by atoms with E-state index in [1.807, 2.05) is 49.5 Å². The van der Waals surface area contributed by atoms with E-state index in [1.165, 1.54) is 0 Å². The number of nitrogens with zero attached hydrogens (tertiary/aromatic N) is 3. The second-order valence-corrected chi connectivity index (χ2v) is 5.38. The van der Waals surface area contributed by atoms with Gasteiger partial charge in [0.05, 0.1) is 5.69 Å². The molecule has 3 heterocycles. The fraction of sp³-hybridized carbons (Fsp3) is 0.0556. The molecule has 0 atom stereocenters. The quantitative estimate of drug-likeness (QED) is 0.598. The zero-order valence-corrected chi connectivity index (χ0v) is 12.6. The highest BCUT2D eigenvalue weighted by Gasteiger charge is 2.09. The van der Waals surface area contributed by atoms with Crippen LogP contribution in [0.4, 0.5) is 11.6 Å². The monoisotopic (exact) mass is 301 g/mol. The minimum atomic E-state index is 0.752. The van der Waals surface area contributed by atoms with E-state index < -0.39 is 0 Å². The van der Waals surface area contributed by atoms with Crippen molar-refractivity contribution >= 4 is 22.4 Å². The lowest BCUT2D eigenvalue weighted by Gasteiger charge is -2.10. The first-order valence-corrected chi connectivity index (χ1v) is 7.39. The summed E-state index contributed by atoms with van der Waals surface area (Å²) < 4.78 is 0. The van der Waals surface area contributed by atoms with Gasteiger partial charge in [-0.05, 0) is 30.5 Å². The van der Waals surface area contributed by atoms with Crippen molar-refractivity contribution in [1.82, 2.24) is 20.2 Å². The van der Waals surface area contributed by atoms with Crippen LogP contribution in [0.15, 0.2) is 60.9 Å². The molecule has 5 nitrogen and oxygen atoms in total. The van der Waals surface area contributed by atoms with Crippen LogP contribution in [0.5, 0.6) is 0 Å². The Labute approximate surface area is 133 Å². The van der Waals surface area contributed by atoms with Gasteiger partial charge in [-0.2, -0.15) is 5.10 Å². The molecule has 0 amide bonds. The molecule has 0 bridgehead atoms. The molecule has 2 N–H and O–H groups in total. The van der Waals surface area contributed by atoms with Crippen LogP contribution in [-0.2, 0) is 0 Å². The number of hydrogen-bond donors (Lipinski definition) is 2. The first-order chi connectivity index (χ1) is 11.3. The molecule has 0 spiro atoms. The lowest BCUT2D eigenvalue weighted by molar-refractivity contribution is 1.05. The summed E-state index contributed by atoms with van der Waals surface area (Å²) in [4.78, 5) is 8.98. The van der Waals surface area contributed by atoms with E-state index in [0.717, 1.165) is 39.4 Å². The Bertz CT molecular complexity index is 959. The third-order valence-corrected chi connectivity index (χ3v) is 3.64. The van der Waals surface area contributed by atoms with E-state index in [9.17, 15) is 0 Å². The van der Waals surface area contributed by atoms with Crippen molar-refractivity contribution in [2.75, 3.05) is 5.32 Å². The predicted molar refractivity (Wildman–Crippen MR) is 91.6 cm³/mol. The Balaban J connectivity index is 1.86. The number of hydrogen-bond acceptors (Lipinski definition) is 4. The Morgan fingerprint density at radius 2 is 1.91 bits per heavy atom. The number of aromatic amines is 1. The highest BCUT2D eigenvalue weighted by atomic mass is 15.2. The third-order valence-electron chi connectivity index (χ3n) is 3.64. The van der Waals surface area contributed by atoms with Gasteiger partial charge < -0.3 is 5.32 Å². The van der Waals surface area contributed by atoms with Crippen LogP contribution < -0.4 is 5.32 Å². The highest BCUT2D eigenvalue weighted by molar-refractivity contribution is 5.96. The number of pyridine rings is 2. The van der Waals surface area contributed by atoms with Crippen LogP contribution in [0, 0.1) is 6.92 Å². The molecule has 1 aromatic carbocycles. The first-order valence-electron chi connectivity index (χ1n) is 7.39. The molecule has 0 aliphatic heterocycles. The molecule has 0 fully saturated rings.